The largest absolute Gasteiger partial charge is 0.508 e. The minimum Gasteiger partial charge on any atom is -0.508 e. The summed E-state index contributed by atoms with van der Waals surface area (Å²) < 4.78 is 5.55. The molecule has 0 aliphatic carbocycles. The molecule has 0 spiro atoms. The van der Waals surface area contributed by atoms with Crippen LogP contribution >= 0.6 is 11.8 Å². The van der Waals surface area contributed by atoms with Gasteiger partial charge < -0.3 is 9.84 Å². The number of phenolic OH excluding ortho intramolecular Hbond substituents is 1. The van der Waals surface area contributed by atoms with E-state index in [9.17, 15) is 0 Å². The molecule has 12 heavy (non-hydrogen) atoms. The Kier molecular flexibility index (Phi) is 2.13. The minimum atomic E-state index is 0.263. The molecule has 1 saturated heterocycles. The molecule has 1 aromatic carbocycles. The molecule has 2 nitrogen and oxygen atoms in total. The summed E-state index contributed by atoms with van der Waals surface area (Å²) in [4.78, 5) is 0. The monoisotopic (exact) mass is 182 g/mol. The number of benzene rings is 1. The van der Waals surface area contributed by atoms with Crippen LogP contribution in [-0.4, -0.2) is 22.7 Å². The highest BCUT2D eigenvalue weighted by atomic mass is 32.2. The Labute approximate surface area is 75.6 Å². The zero-order valence-electron chi connectivity index (χ0n) is 6.56. The Balaban J connectivity index is 2.02. The number of hydrogen-bond donors (Lipinski definition) is 1. The molecule has 1 N–H and O–H groups in total. The highest BCUT2D eigenvalue weighted by Gasteiger charge is 2.19. The van der Waals surface area contributed by atoms with Crippen molar-refractivity contribution < 1.29 is 9.84 Å². The topological polar surface area (TPSA) is 29.5 Å². The Morgan fingerprint density at radius 2 is 2.25 bits per heavy atom. The number of thioether (sulfide) groups is 1. The Hall–Kier alpha value is -0.830. The van der Waals surface area contributed by atoms with Crippen molar-refractivity contribution in [3.05, 3.63) is 24.3 Å². The average Bonchev–Trinajstić information content (AvgIpc) is 1.97. The quantitative estimate of drug-likeness (QED) is 0.757. The lowest BCUT2D eigenvalue weighted by Gasteiger charge is -2.25. The van der Waals surface area contributed by atoms with E-state index in [4.69, 9.17) is 9.84 Å². The van der Waals surface area contributed by atoms with Crippen LogP contribution in [0.4, 0.5) is 0 Å². The predicted molar refractivity (Wildman–Crippen MR) is 49.8 cm³/mol. The smallest absolute Gasteiger partial charge is 0.123 e. The Morgan fingerprint density at radius 1 is 1.42 bits per heavy atom. The summed E-state index contributed by atoms with van der Waals surface area (Å²) in [7, 11) is 0. The molecule has 64 valence electrons. The van der Waals surface area contributed by atoms with Gasteiger partial charge in [0.1, 0.15) is 17.6 Å². The molecule has 1 fully saturated rings. The van der Waals surface area contributed by atoms with Crippen LogP contribution in [0.25, 0.3) is 0 Å². The average molecular weight is 182 g/mol. The van der Waals surface area contributed by atoms with Gasteiger partial charge in [-0.3, -0.25) is 0 Å². The van der Waals surface area contributed by atoms with E-state index in [0.29, 0.717) is 6.10 Å². The molecule has 0 radical (unpaired) electrons. The van der Waals surface area contributed by atoms with Crippen LogP contribution in [0.1, 0.15) is 0 Å². The van der Waals surface area contributed by atoms with Crippen molar-refractivity contribution in [3.63, 3.8) is 0 Å². The Bertz CT molecular complexity index is 271. The summed E-state index contributed by atoms with van der Waals surface area (Å²) in [6, 6.07) is 6.94. The maximum Gasteiger partial charge on any atom is 0.123 e. The van der Waals surface area contributed by atoms with E-state index in [1.54, 1.807) is 18.2 Å². The fourth-order valence-electron chi connectivity index (χ4n) is 1.03. The van der Waals surface area contributed by atoms with Gasteiger partial charge in [-0.2, -0.15) is 11.8 Å². The molecule has 0 unspecified atom stereocenters. The van der Waals surface area contributed by atoms with Gasteiger partial charge in [0, 0.05) is 17.6 Å². The van der Waals surface area contributed by atoms with Crippen LogP contribution < -0.4 is 4.74 Å². The zero-order chi connectivity index (χ0) is 8.39. The van der Waals surface area contributed by atoms with Gasteiger partial charge in [-0.25, -0.2) is 0 Å². The Morgan fingerprint density at radius 3 is 2.83 bits per heavy atom. The molecule has 1 heterocycles. The molecule has 0 amide bonds. The summed E-state index contributed by atoms with van der Waals surface area (Å²) in [6.07, 6.45) is 0.344. The third-order valence-corrected chi connectivity index (χ3v) is 2.94. The first-order valence-corrected chi connectivity index (χ1v) is 5.03. The van der Waals surface area contributed by atoms with Crippen molar-refractivity contribution in [2.45, 2.75) is 6.10 Å². The highest BCUT2D eigenvalue weighted by Crippen LogP contribution is 2.25. The second-order valence-electron chi connectivity index (χ2n) is 2.77. The summed E-state index contributed by atoms with van der Waals surface area (Å²) in [6.45, 7) is 0. The van der Waals surface area contributed by atoms with Gasteiger partial charge in [-0.05, 0) is 12.1 Å². The van der Waals surface area contributed by atoms with E-state index < -0.39 is 0 Å². The third-order valence-electron chi connectivity index (χ3n) is 1.73. The number of phenols is 1. The van der Waals surface area contributed by atoms with Gasteiger partial charge in [-0.1, -0.05) is 6.07 Å². The molecule has 1 aromatic rings. The molecule has 3 heteroatoms. The van der Waals surface area contributed by atoms with Gasteiger partial charge in [0.2, 0.25) is 0 Å². The molecule has 0 aromatic heterocycles. The second kappa shape index (κ2) is 3.27. The third kappa shape index (κ3) is 1.67. The minimum absolute atomic E-state index is 0.263. The van der Waals surface area contributed by atoms with Gasteiger partial charge in [0.05, 0.1) is 0 Å². The van der Waals surface area contributed by atoms with Crippen molar-refractivity contribution in [1.29, 1.82) is 0 Å². The standard InChI is InChI=1S/C9H10O2S/c10-7-2-1-3-8(4-7)11-9-5-12-6-9/h1-4,9-10H,5-6H2. The maximum absolute atomic E-state index is 9.13. The van der Waals surface area contributed by atoms with Crippen molar-refractivity contribution in [2.24, 2.45) is 0 Å². The lowest BCUT2D eigenvalue weighted by atomic mass is 10.3. The predicted octanol–water partition coefficient (Wildman–Crippen LogP) is 1.89. The molecule has 1 aliphatic heterocycles. The van der Waals surface area contributed by atoms with Crippen LogP contribution in [0.2, 0.25) is 0 Å². The molecule has 0 atom stereocenters. The number of aromatic hydroxyl groups is 1. The number of rotatable bonds is 2. The van der Waals surface area contributed by atoms with Crippen LogP contribution in [-0.2, 0) is 0 Å². The summed E-state index contributed by atoms with van der Waals surface area (Å²) in [5.74, 6) is 3.16. The SMILES string of the molecule is Oc1cccc(OC2CSC2)c1. The van der Waals surface area contributed by atoms with Crippen molar-refractivity contribution in [3.8, 4) is 11.5 Å². The second-order valence-corrected chi connectivity index (χ2v) is 3.85. The van der Waals surface area contributed by atoms with Crippen molar-refractivity contribution >= 4 is 11.8 Å². The molecule has 0 saturated carbocycles. The summed E-state index contributed by atoms with van der Waals surface area (Å²) in [5.41, 5.74) is 0. The number of hydrogen-bond acceptors (Lipinski definition) is 3. The fraction of sp³-hybridized carbons (Fsp3) is 0.333. The van der Waals surface area contributed by atoms with Gasteiger partial charge in [0.25, 0.3) is 0 Å². The first kappa shape index (κ1) is 7.80. The van der Waals surface area contributed by atoms with E-state index in [1.807, 2.05) is 17.8 Å². The molecular formula is C9H10O2S. The maximum atomic E-state index is 9.13. The molecule has 1 aliphatic rings. The zero-order valence-corrected chi connectivity index (χ0v) is 7.38. The van der Waals surface area contributed by atoms with Crippen LogP contribution in [0.5, 0.6) is 11.5 Å². The van der Waals surface area contributed by atoms with Crippen LogP contribution in [0.3, 0.4) is 0 Å². The first-order chi connectivity index (χ1) is 5.84. The molecule has 2 rings (SSSR count). The summed E-state index contributed by atoms with van der Waals surface area (Å²) in [5, 5.41) is 9.13. The fourth-order valence-corrected chi connectivity index (χ4v) is 1.60. The molecular weight excluding hydrogens is 172 g/mol. The van der Waals surface area contributed by atoms with Crippen LogP contribution in [0.15, 0.2) is 24.3 Å². The first-order valence-electron chi connectivity index (χ1n) is 3.88. The van der Waals surface area contributed by atoms with Gasteiger partial charge in [0.15, 0.2) is 0 Å². The lowest BCUT2D eigenvalue weighted by molar-refractivity contribution is 0.239. The molecule has 0 bridgehead atoms. The number of ether oxygens (including phenoxy) is 1. The normalized spacial score (nSPS) is 17.0. The van der Waals surface area contributed by atoms with E-state index in [1.165, 1.54) is 0 Å². The van der Waals surface area contributed by atoms with E-state index in [2.05, 4.69) is 0 Å². The van der Waals surface area contributed by atoms with E-state index in [0.717, 1.165) is 17.3 Å². The van der Waals surface area contributed by atoms with E-state index in [-0.39, 0.29) is 5.75 Å². The van der Waals surface area contributed by atoms with Gasteiger partial charge >= 0.3 is 0 Å². The van der Waals surface area contributed by atoms with Crippen molar-refractivity contribution in [1.82, 2.24) is 0 Å². The lowest BCUT2D eigenvalue weighted by Crippen LogP contribution is -2.30. The van der Waals surface area contributed by atoms with Gasteiger partial charge in [-0.15, -0.1) is 0 Å². The van der Waals surface area contributed by atoms with E-state index >= 15 is 0 Å². The van der Waals surface area contributed by atoms with Crippen molar-refractivity contribution in [2.75, 3.05) is 11.5 Å². The summed E-state index contributed by atoms with van der Waals surface area (Å²) >= 11 is 1.88. The van der Waals surface area contributed by atoms with Crippen LogP contribution in [0, 0.1) is 0 Å². The highest BCUT2D eigenvalue weighted by molar-refractivity contribution is 8.00.